The van der Waals surface area contributed by atoms with Crippen LogP contribution >= 0.6 is 0 Å². The zero-order chi connectivity index (χ0) is 19.7. The lowest BCUT2D eigenvalue weighted by atomic mass is 9.73. The summed E-state index contributed by atoms with van der Waals surface area (Å²) in [7, 11) is 0. The van der Waals surface area contributed by atoms with Crippen LogP contribution in [0.25, 0.3) is 0 Å². The van der Waals surface area contributed by atoms with Crippen molar-refractivity contribution >= 4 is 5.78 Å². The van der Waals surface area contributed by atoms with Crippen molar-refractivity contribution < 1.29 is 24.1 Å². The molecule has 2 aliphatic heterocycles. The van der Waals surface area contributed by atoms with E-state index in [1.165, 1.54) is 6.26 Å². The highest BCUT2D eigenvalue weighted by Gasteiger charge is 2.47. The summed E-state index contributed by atoms with van der Waals surface area (Å²) in [6.45, 7) is 7.86. The Kier molecular flexibility index (Phi) is 5.71. The maximum atomic E-state index is 13.1. The predicted molar refractivity (Wildman–Crippen MR) is 104 cm³/mol. The number of hydrogen-bond donors (Lipinski definition) is 1. The minimum absolute atomic E-state index is 0.0192. The topological polar surface area (TPSA) is 68.2 Å². The number of ketones is 1. The van der Waals surface area contributed by atoms with Crippen molar-refractivity contribution in [2.45, 2.75) is 38.9 Å². The fraction of sp³-hybridized carbons (Fsp3) is 0.591. The molecule has 1 saturated carbocycles. The molecule has 152 valence electrons. The number of aliphatic hydroxyl groups excluding tert-OH is 1. The van der Waals surface area contributed by atoms with Crippen molar-refractivity contribution in [3.05, 3.63) is 41.3 Å². The molecule has 4 atom stereocenters. The SMILES string of the molecule is Cc1cc(C)cc(OC2=COC3C(CCC(O)C3CN3CCOCC3)C2=O)c1. The van der Waals surface area contributed by atoms with Crippen molar-refractivity contribution in [3.8, 4) is 5.75 Å². The molecule has 3 aliphatic rings. The molecular formula is C22H29NO5. The van der Waals surface area contributed by atoms with Gasteiger partial charge >= 0.3 is 0 Å². The number of carbonyl (C=O) groups is 1. The Bertz CT molecular complexity index is 735. The Morgan fingerprint density at radius 3 is 2.57 bits per heavy atom. The van der Waals surface area contributed by atoms with Crippen LogP contribution in [-0.4, -0.2) is 60.8 Å². The molecule has 4 unspecified atom stereocenters. The van der Waals surface area contributed by atoms with E-state index in [4.69, 9.17) is 14.2 Å². The van der Waals surface area contributed by atoms with E-state index in [1.807, 2.05) is 26.0 Å². The molecule has 1 saturated heterocycles. The molecule has 28 heavy (non-hydrogen) atoms. The van der Waals surface area contributed by atoms with Gasteiger partial charge in [-0.3, -0.25) is 9.69 Å². The lowest BCUT2D eigenvalue weighted by Gasteiger charge is -2.43. The fourth-order valence-corrected chi connectivity index (χ4v) is 4.60. The maximum absolute atomic E-state index is 13.1. The molecule has 0 aromatic heterocycles. The first-order valence-electron chi connectivity index (χ1n) is 10.2. The van der Waals surface area contributed by atoms with Crippen molar-refractivity contribution in [3.63, 3.8) is 0 Å². The van der Waals surface area contributed by atoms with Gasteiger partial charge in [0.1, 0.15) is 18.1 Å². The first kappa shape index (κ1) is 19.4. The number of carbonyl (C=O) groups excluding carboxylic acids is 1. The van der Waals surface area contributed by atoms with Crippen LogP contribution < -0.4 is 4.74 Å². The van der Waals surface area contributed by atoms with Gasteiger partial charge in [0.15, 0.2) is 0 Å². The number of nitrogens with zero attached hydrogens (tertiary/aromatic N) is 1. The highest BCUT2D eigenvalue weighted by molar-refractivity contribution is 5.96. The summed E-state index contributed by atoms with van der Waals surface area (Å²) in [6.07, 6.45) is 1.93. The summed E-state index contributed by atoms with van der Waals surface area (Å²) >= 11 is 0. The van der Waals surface area contributed by atoms with Gasteiger partial charge in [-0.2, -0.15) is 0 Å². The average molecular weight is 387 g/mol. The normalized spacial score (nSPS) is 31.0. The number of aliphatic hydroxyl groups is 1. The minimum Gasteiger partial charge on any atom is -0.493 e. The maximum Gasteiger partial charge on any atom is 0.208 e. The average Bonchev–Trinajstić information content (AvgIpc) is 2.66. The molecule has 1 N–H and O–H groups in total. The number of Topliss-reactive ketones (excluding diaryl/α,β-unsaturated/α-hetero) is 1. The lowest BCUT2D eigenvalue weighted by molar-refractivity contribution is -0.140. The first-order valence-corrected chi connectivity index (χ1v) is 10.2. The zero-order valence-electron chi connectivity index (χ0n) is 16.6. The third-order valence-electron chi connectivity index (χ3n) is 5.99. The van der Waals surface area contributed by atoms with E-state index in [0.717, 1.165) is 30.8 Å². The van der Waals surface area contributed by atoms with E-state index in [9.17, 15) is 9.90 Å². The highest BCUT2D eigenvalue weighted by Crippen LogP contribution is 2.38. The van der Waals surface area contributed by atoms with Gasteiger partial charge in [-0.15, -0.1) is 0 Å². The number of allylic oxidation sites excluding steroid dienone is 1. The summed E-state index contributed by atoms with van der Waals surface area (Å²) in [5.74, 6) is 0.544. The van der Waals surface area contributed by atoms with Crippen molar-refractivity contribution in [2.75, 3.05) is 32.8 Å². The Labute approximate surface area is 166 Å². The predicted octanol–water partition coefficient (Wildman–Crippen LogP) is 2.21. The molecule has 0 spiro atoms. The van der Waals surface area contributed by atoms with Gasteiger partial charge in [-0.25, -0.2) is 0 Å². The molecule has 6 nitrogen and oxygen atoms in total. The molecule has 1 aromatic rings. The molecule has 2 fully saturated rings. The Morgan fingerprint density at radius 2 is 1.86 bits per heavy atom. The van der Waals surface area contributed by atoms with Crippen LogP contribution in [-0.2, 0) is 14.3 Å². The van der Waals surface area contributed by atoms with Crippen LogP contribution in [0, 0.1) is 25.7 Å². The van der Waals surface area contributed by atoms with E-state index in [0.29, 0.717) is 31.8 Å². The van der Waals surface area contributed by atoms with Crippen molar-refractivity contribution in [1.82, 2.24) is 4.90 Å². The highest BCUT2D eigenvalue weighted by atomic mass is 16.5. The van der Waals surface area contributed by atoms with Crippen molar-refractivity contribution in [2.24, 2.45) is 11.8 Å². The number of morpholine rings is 1. The summed E-state index contributed by atoms with van der Waals surface area (Å²) in [5, 5.41) is 10.6. The molecule has 1 aromatic carbocycles. The Hall–Kier alpha value is -1.89. The van der Waals surface area contributed by atoms with Crippen LogP contribution in [0.1, 0.15) is 24.0 Å². The number of rotatable bonds is 4. The van der Waals surface area contributed by atoms with Gasteiger partial charge in [0, 0.05) is 25.6 Å². The monoisotopic (exact) mass is 387 g/mol. The number of hydrogen-bond acceptors (Lipinski definition) is 6. The van der Waals surface area contributed by atoms with Crippen LogP contribution in [0.2, 0.25) is 0 Å². The smallest absolute Gasteiger partial charge is 0.208 e. The Balaban J connectivity index is 1.49. The number of benzene rings is 1. The van der Waals surface area contributed by atoms with Gasteiger partial charge in [0.05, 0.1) is 25.2 Å². The van der Waals surface area contributed by atoms with Gasteiger partial charge < -0.3 is 19.3 Å². The second-order valence-electron chi connectivity index (χ2n) is 8.20. The zero-order valence-corrected chi connectivity index (χ0v) is 16.6. The first-order chi connectivity index (χ1) is 13.5. The molecule has 0 radical (unpaired) electrons. The van der Waals surface area contributed by atoms with Gasteiger partial charge in [0.25, 0.3) is 0 Å². The lowest BCUT2D eigenvalue weighted by Crippen LogP contribution is -2.53. The number of ether oxygens (including phenoxy) is 3. The molecule has 1 aliphatic carbocycles. The second-order valence-corrected chi connectivity index (χ2v) is 8.20. The minimum atomic E-state index is -0.452. The quantitative estimate of drug-likeness (QED) is 0.854. The third-order valence-corrected chi connectivity index (χ3v) is 5.99. The third kappa shape index (κ3) is 4.09. The van der Waals surface area contributed by atoms with E-state index in [-0.39, 0.29) is 29.5 Å². The number of aryl methyl sites for hydroxylation is 2. The van der Waals surface area contributed by atoms with E-state index >= 15 is 0 Å². The van der Waals surface area contributed by atoms with Gasteiger partial charge in [-0.1, -0.05) is 6.07 Å². The molecule has 6 heteroatoms. The molecule has 2 heterocycles. The largest absolute Gasteiger partial charge is 0.493 e. The van der Waals surface area contributed by atoms with Crippen LogP contribution in [0.4, 0.5) is 0 Å². The van der Waals surface area contributed by atoms with Crippen LogP contribution in [0.15, 0.2) is 30.2 Å². The summed E-state index contributed by atoms with van der Waals surface area (Å²) in [5.41, 5.74) is 2.17. The summed E-state index contributed by atoms with van der Waals surface area (Å²) in [4.78, 5) is 15.4. The standard InChI is InChI=1S/C22H29NO5/c1-14-9-15(2)11-16(10-14)28-20-13-27-22-17(21(20)25)3-4-19(24)18(22)12-23-5-7-26-8-6-23/h9-11,13,17-19,22,24H,3-8,12H2,1-2H3. The van der Waals surface area contributed by atoms with E-state index in [2.05, 4.69) is 11.0 Å². The fourth-order valence-electron chi connectivity index (χ4n) is 4.60. The van der Waals surface area contributed by atoms with Crippen molar-refractivity contribution in [1.29, 1.82) is 0 Å². The molecule has 0 amide bonds. The van der Waals surface area contributed by atoms with Gasteiger partial charge in [0.2, 0.25) is 11.5 Å². The summed E-state index contributed by atoms with van der Waals surface area (Å²) < 4.78 is 17.3. The molecular weight excluding hydrogens is 358 g/mol. The number of fused-ring (bicyclic) bond motifs is 1. The van der Waals surface area contributed by atoms with Crippen LogP contribution in [0.5, 0.6) is 5.75 Å². The molecule has 0 bridgehead atoms. The molecule has 4 rings (SSSR count). The van der Waals surface area contributed by atoms with E-state index in [1.54, 1.807) is 0 Å². The van der Waals surface area contributed by atoms with Crippen LogP contribution in [0.3, 0.4) is 0 Å². The second kappa shape index (κ2) is 8.23. The van der Waals surface area contributed by atoms with E-state index < -0.39 is 6.10 Å². The summed E-state index contributed by atoms with van der Waals surface area (Å²) in [6, 6.07) is 5.90. The van der Waals surface area contributed by atoms with Gasteiger partial charge in [-0.05, 0) is 49.9 Å². The Morgan fingerprint density at radius 1 is 1.14 bits per heavy atom.